The lowest BCUT2D eigenvalue weighted by molar-refractivity contribution is 0.107. The molecule has 0 bridgehead atoms. The Morgan fingerprint density at radius 2 is 2.24 bits per heavy atom. The minimum atomic E-state index is -0.584. The maximum atomic E-state index is 13.4. The third-order valence-electron chi connectivity index (χ3n) is 2.80. The second-order valence-corrected chi connectivity index (χ2v) is 4.95. The molecule has 0 aromatic heterocycles. The molecule has 5 heteroatoms. The van der Waals surface area contributed by atoms with Gasteiger partial charge < -0.3 is 10.1 Å². The van der Waals surface area contributed by atoms with Crippen molar-refractivity contribution in [3.05, 3.63) is 28.2 Å². The summed E-state index contributed by atoms with van der Waals surface area (Å²) in [4.78, 5) is 0. The van der Waals surface area contributed by atoms with Crippen LogP contribution in [0.3, 0.4) is 0 Å². The average Bonchev–Trinajstić information content (AvgIpc) is 2.74. The normalized spacial score (nSPS) is 19.6. The van der Waals surface area contributed by atoms with E-state index in [-0.39, 0.29) is 6.10 Å². The van der Waals surface area contributed by atoms with E-state index in [4.69, 9.17) is 4.74 Å². The van der Waals surface area contributed by atoms with Crippen molar-refractivity contribution >= 4 is 21.6 Å². The number of hydrogen-bond acceptors (Lipinski definition) is 2. The molecule has 0 spiro atoms. The second-order valence-electron chi connectivity index (χ2n) is 4.09. The third kappa shape index (κ3) is 3.39. The summed E-state index contributed by atoms with van der Waals surface area (Å²) in [7, 11) is 0. The van der Waals surface area contributed by atoms with Crippen LogP contribution in [0.25, 0.3) is 0 Å². The number of halogens is 3. The molecule has 1 fully saturated rings. The molecule has 1 aliphatic rings. The Bertz CT molecular complexity index is 371. The van der Waals surface area contributed by atoms with Gasteiger partial charge in [0.1, 0.15) is 11.6 Å². The summed E-state index contributed by atoms with van der Waals surface area (Å²) < 4.78 is 32.2. The van der Waals surface area contributed by atoms with Crippen LogP contribution >= 0.6 is 15.9 Å². The van der Waals surface area contributed by atoms with E-state index in [1.807, 2.05) is 0 Å². The summed E-state index contributed by atoms with van der Waals surface area (Å²) in [6.45, 7) is 1.44. The molecule has 1 aromatic rings. The first-order valence-corrected chi connectivity index (χ1v) is 6.46. The highest BCUT2D eigenvalue weighted by Crippen LogP contribution is 2.27. The van der Waals surface area contributed by atoms with Crippen LogP contribution in [0.15, 0.2) is 16.6 Å². The topological polar surface area (TPSA) is 21.3 Å². The van der Waals surface area contributed by atoms with Gasteiger partial charge in [-0.3, -0.25) is 0 Å². The van der Waals surface area contributed by atoms with E-state index in [0.717, 1.165) is 31.9 Å². The van der Waals surface area contributed by atoms with Crippen LogP contribution in [-0.4, -0.2) is 19.3 Å². The molecule has 94 valence electrons. The van der Waals surface area contributed by atoms with Crippen LogP contribution in [0.2, 0.25) is 0 Å². The Hall–Kier alpha value is -0.680. The number of ether oxygens (including phenoxy) is 1. The van der Waals surface area contributed by atoms with E-state index < -0.39 is 11.6 Å². The number of nitrogens with one attached hydrogen (secondary N) is 1. The summed E-state index contributed by atoms with van der Waals surface area (Å²) in [6, 6.07) is 2.12. The van der Waals surface area contributed by atoms with E-state index in [1.165, 1.54) is 6.07 Å². The monoisotopic (exact) mass is 305 g/mol. The van der Waals surface area contributed by atoms with Crippen LogP contribution in [0, 0.1) is 11.6 Å². The highest BCUT2D eigenvalue weighted by atomic mass is 79.9. The summed E-state index contributed by atoms with van der Waals surface area (Å²) in [5, 5.41) is 2.97. The van der Waals surface area contributed by atoms with Crippen molar-refractivity contribution in [2.75, 3.05) is 18.5 Å². The van der Waals surface area contributed by atoms with Gasteiger partial charge in [-0.15, -0.1) is 0 Å². The highest BCUT2D eigenvalue weighted by molar-refractivity contribution is 9.10. The summed E-state index contributed by atoms with van der Waals surface area (Å²) >= 11 is 3.14. The average molecular weight is 306 g/mol. The van der Waals surface area contributed by atoms with Crippen LogP contribution in [0.5, 0.6) is 0 Å². The van der Waals surface area contributed by atoms with Crippen molar-refractivity contribution in [1.29, 1.82) is 0 Å². The van der Waals surface area contributed by atoms with Crippen molar-refractivity contribution in [3.8, 4) is 0 Å². The Balaban J connectivity index is 1.89. The predicted molar refractivity (Wildman–Crippen MR) is 66.1 cm³/mol. The molecule has 0 aliphatic carbocycles. The van der Waals surface area contributed by atoms with E-state index in [9.17, 15) is 8.78 Å². The zero-order chi connectivity index (χ0) is 12.3. The fourth-order valence-electron chi connectivity index (χ4n) is 1.94. The van der Waals surface area contributed by atoms with Gasteiger partial charge in [-0.25, -0.2) is 8.78 Å². The smallest absolute Gasteiger partial charge is 0.150 e. The maximum Gasteiger partial charge on any atom is 0.150 e. The first-order chi connectivity index (χ1) is 8.16. The minimum Gasteiger partial charge on any atom is -0.382 e. The molecule has 1 heterocycles. The Morgan fingerprint density at radius 1 is 1.41 bits per heavy atom. The molecule has 0 radical (unpaired) electrons. The molecule has 1 atom stereocenters. The minimum absolute atomic E-state index is 0.268. The van der Waals surface area contributed by atoms with Gasteiger partial charge in [0.15, 0.2) is 0 Å². The Labute approximate surface area is 107 Å². The summed E-state index contributed by atoms with van der Waals surface area (Å²) in [5.74, 6) is -1.16. The highest BCUT2D eigenvalue weighted by Gasteiger charge is 2.15. The lowest BCUT2D eigenvalue weighted by atomic mass is 10.2. The third-order valence-corrected chi connectivity index (χ3v) is 3.42. The molecule has 1 saturated heterocycles. The molecule has 2 nitrogen and oxygen atoms in total. The van der Waals surface area contributed by atoms with Crippen LogP contribution in [-0.2, 0) is 4.74 Å². The zero-order valence-electron chi connectivity index (χ0n) is 9.31. The quantitative estimate of drug-likeness (QED) is 0.915. The number of rotatable bonds is 4. The molecule has 17 heavy (non-hydrogen) atoms. The summed E-state index contributed by atoms with van der Waals surface area (Å²) in [5.41, 5.74) is 0.310. The van der Waals surface area contributed by atoms with Crippen molar-refractivity contribution in [3.63, 3.8) is 0 Å². The first-order valence-electron chi connectivity index (χ1n) is 5.67. The predicted octanol–water partition coefficient (Wildman–Crippen LogP) is 3.71. The fourth-order valence-corrected chi connectivity index (χ4v) is 2.49. The largest absolute Gasteiger partial charge is 0.382 e. The Kier molecular flexibility index (Phi) is 4.34. The molecule has 1 aliphatic heterocycles. The van der Waals surface area contributed by atoms with Crippen LogP contribution in [0.1, 0.15) is 19.3 Å². The van der Waals surface area contributed by atoms with Gasteiger partial charge in [-0.2, -0.15) is 0 Å². The lowest BCUT2D eigenvalue weighted by Gasteiger charge is -2.12. The fraction of sp³-hybridized carbons (Fsp3) is 0.500. The molecule has 1 N–H and O–H groups in total. The molecule has 2 rings (SSSR count). The van der Waals surface area contributed by atoms with Gasteiger partial charge in [0.2, 0.25) is 0 Å². The van der Waals surface area contributed by atoms with Crippen molar-refractivity contribution in [1.82, 2.24) is 0 Å². The standard InChI is InChI=1S/C12H14BrF2NO/c13-10-6-8(14)7-11(15)12(10)16-4-3-9-2-1-5-17-9/h6-7,9,16H,1-5H2. The molecule has 0 amide bonds. The van der Waals surface area contributed by atoms with E-state index in [1.54, 1.807) is 0 Å². The second kappa shape index (κ2) is 5.78. The van der Waals surface area contributed by atoms with Crippen molar-refractivity contribution < 1.29 is 13.5 Å². The van der Waals surface area contributed by atoms with E-state index in [2.05, 4.69) is 21.2 Å². The van der Waals surface area contributed by atoms with Gasteiger partial charge in [0.05, 0.1) is 11.8 Å². The number of hydrogen-bond donors (Lipinski definition) is 1. The van der Waals surface area contributed by atoms with E-state index >= 15 is 0 Å². The summed E-state index contributed by atoms with van der Waals surface area (Å²) in [6.07, 6.45) is 3.27. The van der Waals surface area contributed by atoms with Crippen LogP contribution < -0.4 is 5.32 Å². The SMILES string of the molecule is Fc1cc(F)c(NCCC2CCCO2)c(Br)c1. The zero-order valence-corrected chi connectivity index (χ0v) is 10.9. The van der Waals surface area contributed by atoms with Crippen molar-refractivity contribution in [2.45, 2.75) is 25.4 Å². The van der Waals surface area contributed by atoms with Gasteiger partial charge >= 0.3 is 0 Å². The molecule has 1 unspecified atom stereocenters. The maximum absolute atomic E-state index is 13.4. The van der Waals surface area contributed by atoms with Crippen molar-refractivity contribution in [2.24, 2.45) is 0 Å². The molecule has 0 saturated carbocycles. The molecule has 1 aromatic carbocycles. The van der Waals surface area contributed by atoms with Gasteiger partial charge in [-0.05, 0) is 41.3 Å². The lowest BCUT2D eigenvalue weighted by Crippen LogP contribution is -2.13. The Morgan fingerprint density at radius 3 is 2.88 bits per heavy atom. The van der Waals surface area contributed by atoms with Crippen LogP contribution in [0.4, 0.5) is 14.5 Å². The van der Waals surface area contributed by atoms with E-state index in [0.29, 0.717) is 16.7 Å². The first kappa shape index (κ1) is 12.8. The number of benzene rings is 1. The van der Waals surface area contributed by atoms with Gasteiger partial charge in [0, 0.05) is 23.7 Å². The van der Waals surface area contributed by atoms with Gasteiger partial charge in [0.25, 0.3) is 0 Å². The van der Waals surface area contributed by atoms with Gasteiger partial charge in [-0.1, -0.05) is 0 Å². The molecular weight excluding hydrogens is 292 g/mol. The number of anilines is 1. The molecular formula is C12H14BrF2NO.